The van der Waals surface area contributed by atoms with Crippen LogP contribution in [-0.4, -0.2) is 30.7 Å². The Hall–Kier alpha value is -2.56. The lowest BCUT2D eigenvalue weighted by molar-refractivity contribution is -0.120. The van der Waals surface area contributed by atoms with Crippen LogP contribution in [0.4, 0.5) is 4.79 Å². The first kappa shape index (κ1) is 22.5. The number of hydrogen-bond donors (Lipinski definition) is 2. The van der Waals surface area contributed by atoms with Crippen molar-refractivity contribution in [2.75, 3.05) is 13.1 Å². The number of rotatable bonds is 8. The summed E-state index contributed by atoms with van der Waals surface area (Å²) in [5, 5.41) is 5.38. The second kappa shape index (κ2) is 11.2. The van der Waals surface area contributed by atoms with Crippen LogP contribution >= 0.6 is 0 Å². The summed E-state index contributed by atoms with van der Waals surface area (Å²) >= 11 is 0. The first-order chi connectivity index (χ1) is 12.8. The van der Waals surface area contributed by atoms with Gasteiger partial charge in [0.15, 0.2) is 0 Å². The Morgan fingerprint density at radius 2 is 1.81 bits per heavy atom. The van der Waals surface area contributed by atoms with E-state index >= 15 is 0 Å². The molecule has 0 saturated carbocycles. The summed E-state index contributed by atoms with van der Waals surface area (Å²) in [6.45, 7) is 9.75. The van der Waals surface area contributed by atoms with Gasteiger partial charge in [-0.3, -0.25) is 4.79 Å². The van der Waals surface area contributed by atoms with Gasteiger partial charge in [-0.1, -0.05) is 55.5 Å². The van der Waals surface area contributed by atoms with Crippen molar-refractivity contribution >= 4 is 12.0 Å². The van der Waals surface area contributed by atoms with E-state index in [0.29, 0.717) is 6.54 Å². The summed E-state index contributed by atoms with van der Waals surface area (Å²) in [6, 6.07) is 10.1. The van der Waals surface area contributed by atoms with Gasteiger partial charge in [-0.05, 0) is 45.3 Å². The van der Waals surface area contributed by atoms with Gasteiger partial charge in [0, 0.05) is 12.5 Å². The average molecular weight is 373 g/mol. The standard InChI is InChI=1S/C22H32N2O3/c1-6-8-12-17(7-2)19(18-13-10-9-11-14-18)15-23-20(25)16-24-21(26)27-22(3,4)5/h7-14,19H,6,15-16H2,1-5H3,(H,23,25)(H,24,26)/b12-8-,17-7+. The van der Waals surface area contributed by atoms with E-state index in [9.17, 15) is 9.59 Å². The lowest BCUT2D eigenvalue weighted by Crippen LogP contribution is -2.40. The van der Waals surface area contributed by atoms with E-state index in [1.54, 1.807) is 20.8 Å². The molecule has 1 unspecified atom stereocenters. The predicted molar refractivity (Wildman–Crippen MR) is 110 cm³/mol. The molecule has 2 N–H and O–H groups in total. The number of carbonyl (C=O) groups is 2. The lowest BCUT2D eigenvalue weighted by Gasteiger charge is -2.21. The summed E-state index contributed by atoms with van der Waals surface area (Å²) in [6.07, 6.45) is 6.62. The highest BCUT2D eigenvalue weighted by molar-refractivity contribution is 5.82. The van der Waals surface area contributed by atoms with Gasteiger partial charge in [-0.2, -0.15) is 0 Å². The van der Waals surface area contributed by atoms with Crippen LogP contribution in [0, 0.1) is 0 Å². The topological polar surface area (TPSA) is 67.4 Å². The molecule has 0 saturated heterocycles. The summed E-state index contributed by atoms with van der Waals surface area (Å²) in [5.74, 6) is -0.207. The van der Waals surface area contributed by atoms with Crippen molar-refractivity contribution in [3.05, 3.63) is 59.7 Å². The van der Waals surface area contributed by atoms with Crippen molar-refractivity contribution in [3.63, 3.8) is 0 Å². The van der Waals surface area contributed by atoms with Gasteiger partial charge < -0.3 is 15.4 Å². The highest BCUT2D eigenvalue weighted by atomic mass is 16.6. The molecule has 2 amide bonds. The highest BCUT2D eigenvalue weighted by Gasteiger charge is 2.18. The number of alkyl carbamates (subject to hydrolysis) is 1. The number of nitrogens with one attached hydrogen (secondary N) is 2. The molecule has 0 spiro atoms. The van der Waals surface area contributed by atoms with Crippen molar-refractivity contribution in [1.29, 1.82) is 0 Å². The zero-order valence-electron chi connectivity index (χ0n) is 17.0. The zero-order valence-corrected chi connectivity index (χ0v) is 17.0. The van der Waals surface area contributed by atoms with E-state index in [2.05, 4.69) is 47.9 Å². The Kier molecular flexibility index (Phi) is 9.34. The van der Waals surface area contributed by atoms with Crippen LogP contribution in [0.1, 0.15) is 52.5 Å². The van der Waals surface area contributed by atoms with Gasteiger partial charge in [0.2, 0.25) is 5.91 Å². The maximum absolute atomic E-state index is 12.2. The first-order valence-corrected chi connectivity index (χ1v) is 9.38. The number of hydrogen-bond acceptors (Lipinski definition) is 3. The molecule has 27 heavy (non-hydrogen) atoms. The van der Waals surface area contributed by atoms with Crippen molar-refractivity contribution in [2.24, 2.45) is 0 Å². The molecule has 0 aliphatic heterocycles. The van der Waals surface area contributed by atoms with Gasteiger partial charge in [-0.15, -0.1) is 0 Å². The second-order valence-corrected chi connectivity index (χ2v) is 7.22. The van der Waals surface area contributed by atoms with Crippen LogP contribution in [0.15, 0.2) is 54.1 Å². The molecule has 5 heteroatoms. The quantitative estimate of drug-likeness (QED) is 0.668. The van der Waals surface area contributed by atoms with E-state index in [1.807, 2.05) is 25.1 Å². The van der Waals surface area contributed by atoms with Crippen LogP contribution in [0.2, 0.25) is 0 Å². The number of allylic oxidation sites excluding steroid dienone is 3. The molecule has 1 aromatic carbocycles. The fraction of sp³-hybridized carbons (Fsp3) is 0.455. The molecule has 0 fully saturated rings. The summed E-state index contributed by atoms with van der Waals surface area (Å²) in [5.41, 5.74) is 1.68. The number of benzene rings is 1. The average Bonchev–Trinajstić information content (AvgIpc) is 2.62. The Labute approximate surface area is 162 Å². The fourth-order valence-electron chi connectivity index (χ4n) is 2.53. The van der Waals surface area contributed by atoms with Gasteiger partial charge in [0.1, 0.15) is 5.60 Å². The zero-order chi connectivity index (χ0) is 20.3. The maximum Gasteiger partial charge on any atom is 0.408 e. The molecule has 0 bridgehead atoms. The van der Waals surface area contributed by atoms with Crippen molar-refractivity contribution in [1.82, 2.24) is 10.6 Å². The number of amides is 2. The molecule has 0 aliphatic rings. The maximum atomic E-state index is 12.2. The number of carbonyl (C=O) groups excluding carboxylic acids is 2. The lowest BCUT2D eigenvalue weighted by atomic mass is 9.90. The Morgan fingerprint density at radius 3 is 2.37 bits per heavy atom. The van der Waals surface area contributed by atoms with Crippen LogP contribution < -0.4 is 10.6 Å². The molecular weight excluding hydrogens is 340 g/mol. The smallest absolute Gasteiger partial charge is 0.408 e. The Morgan fingerprint density at radius 1 is 1.15 bits per heavy atom. The molecule has 1 aromatic rings. The molecule has 5 nitrogen and oxygen atoms in total. The molecule has 148 valence electrons. The minimum Gasteiger partial charge on any atom is -0.444 e. The van der Waals surface area contributed by atoms with E-state index in [1.165, 1.54) is 0 Å². The normalized spacial score (nSPS) is 13.3. The molecule has 1 rings (SSSR count). The fourth-order valence-corrected chi connectivity index (χ4v) is 2.53. The van der Waals surface area contributed by atoms with E-state index in [4.69, 9.17) is 4.74 Å². The Balaban J connectivity index is 2.70. The molecule has 0 aliphatic carbocycles. The van der Waals surface area contributed by atoms with Gasteiger partial charge in [0.25, 0.3) is 0 Å². The van der Waals surface area contributed by atoms with Crippen molar-refractivity contribution in [2.45, 2.75) is 52.6 Å². The first-order valence-electron chi connectivity index (χ1n) is 9.38. The predicted octanol–water partition coefficient (Wildman–Crippen LogP) is 4.32. The largest absolute Gasteiger partial charge is 0.444 e. The van der Waals surface area contributed by atoms with Crippen molar-refractivity contribution < 1.29 is 14.3 Å². The van der Waals surface area contributed by atoms with E-state index < -0.39 is 11.7 Å². The van der Waals surface area contributed by atoms with Gasteiger partial charge in [0.05, 0.1) is 6.54 Å². The van der Waals surface area contributed by atoms with Crippen LogP contribution in [0.3, 0.4) is 0 Å². The highest BCUT2D eigenvalue weighted by Crippen LogP contribution is 2.25. The molecule has 0 heterocycles. The minimum atomic E-state index is -0.600. The van der Waals surface area contributed by atoms with Crippen LogP contribution in [0.5, 0.6) is 0 Å². The molecule has 0 aromatic heterocycles. The second-order valence-electron chi connectivity index (χ2n) is 7.22. The van der Waals surface area contributed by atoms with Crippen LogP contribution in [-0.2, 0) is 9.53 Å². The SMILES string of the molecule is C/C=C(\C=C/CC)C(CNC(=O)CNC(=O)OC(C)(C)C)c1ccccc1. The Bertz CT molecular complexity index is 658. The number of ether oxygens (including phenoxy) is 1. The molecule has 1 atom stereocenters. The van der Waals surface area contributed by atoms with Crippen molar-refractivity contribution in [3.8, 4) is 0 Å². The van der Waals surface area contributed by atoms with Gasteiger partial charge in [-0.25, -0.2) is 4.79 Å². The monoisotopic (exact) mass is 372 g/mol. The third kappa shape index (κ3) is 9.08. The van der Waals surface area contributed by atoms with Gasteiger partial charge >= 0.3 is 6.09 Å². The molecular formula is C22H32N2O3. The third-order valence-electron chi connectivity index (χ3n) is 3.78. The minimum absolute atomic E-state index is 0.0458. The van der Waals surface area contributed by atoms with E-state index in [0.717, 1.165) is 17.6 Å². The third-order valence-corrected chi connectivity index (χ3v) is 3.78. The van der Waals surface area contributed by atoms with E-state index in [-0.39, 0.29) is 18.4 Å². The summed E-state index contributed by atoms with van der Waals surface area (Å²) < 4.78 is 5.13. The van der Waals surface area contributed by atoms with Crippen LogP contribution in [0.25, 0.3) is 0 Å². The summed E-state index contributed by atoms with van der Waals surface area (Å²) in [7, 11) is 0. The molecule has 0 radical (unpaired) electrons. The summed E-state index contributed by atoms with van der Waals surface area (Å²) in [4.78, 5) is 23.8.